The SMILES string of the molecule is CCOc1ccc(NC(=O)[C@@H](N)C(C)(C)C)cc1S(=O)(=O)N1CCCCC1. The van der Waals surface area contributed by atoms with Crippen molar-refractivity contribution in [2.45, 2.75) is 57.9 Å². The van der Waals surface area contributed by atoms with Crippen molar-refractivity contribution >= 4 is 21.6 Å². The molecule has 0 radical (unpaired) electrons. The zero-order valence-corrected chi connectivity index (χ0v) is 17.4. The second kappa shape index (κ2) is 8.58. The third-order valence-electron chi connectivity index (χ3n) is 4.66. The monoisotopic (exact) mass is 397 g/mol. The van der Waals surface area contributed by atoms with Gasteiger partial charge in [0.25, 0.3) is 0 Å². The summed E-state index contributed by atoms with van der Waals surface area (Å²) in [5.41, 5.74) is 5.98. The molecular formula is C19H31N3O4S. The van der Waals surface area contributed by atoms with E-state index in [1.54, 1.807) is 19.1 Å². The lowest BCUT2D eigenvalue weighted by molar-refractivity contribution is -0.119. The van der Waals surface area contributed by atoms with Crippen LogP contribution in [0, 0.1) is 5.41 Å². The van der Waals surface area contributed by atoms with Crippen molar-refractivity contribution in [1.82, 2.24) is 4.31 Å². The molecule has 0 unspecified atom stereocenters. The minimum Gasteiger partial charge on any atom is -0.492 e. The lowest BCUT2D eigenvalue weighted by Gasteiger charge is -2.27. The van der Waals surface area contributed by atoms with Crippen LogP contribution in [0.5, 0.6) is 5.75 Å². The molecule has 8 heteroatoms. The molecule has 0 spiro atoms. The maximum absolute atomic E-state index is 13.1. The van der Waals surface area contributed by atoms with Gasteiger partial charge in [0.05, 0.1) is 12.6 Å². The zero-order chi connectivity index (χ0) is 20.2. The predicted octanol–water partition coefficient (Wildman–Crippen LogP) is 2.57. The van der Waals surface area contributed by atoms with E-state index in [1.807, 2.05) is 20.8 Å². The third kappa shape index (κ3) is 5.21. The summed E-state index contributed by atoms with van der Waals surface area (Å²) in [6, 6.07) is 3.96. The largest absolute Gasteiger partial charge is 0.492 e. The Morgan fingerprint density at radius 3 is 2.44 bits per heavy atom. The van der Waals surface area contributed by atoms with Gasteiger partial charge in [-0.1, -0.05) is 27.2 Å². The number of carbonyl (C=O) groups is 1. The number of nitrogens with one attached hydrogen (secondary N) is 1. The normalized spacial score (nSPS) is 17.4. The van der Waals surface area contributed by atoms with Crippen LogP contribution in [0.2, 0.25) is 0 Å². The molecule has 0 aliphatic carbocycles. The summed E-state index contributed by atoms with van der Waals surface area (Å²) in [5, 5.41) is 2.73. The lowest BCUT2D eigenvalue weighted by atomic mass is 9.87. The molecule has 1 aromatic rings. The quantitative estimate of drug-likeness (QED) is 0.768. The molecule has 1 amide bonds. The first-order chi connectivity index (χ1) is 12.6. The summed E-state index contributed by atoms with van der Waals surface area (Å²) in [5.74, 6) is -0.0610. The Balaban J connectivity index is 2.35. The first-order valence-corrected chi connectivity index (χ1v) is 10.8. The number of hydrogen-bond acceptors (Lipinski definition) is 5. The van der Waals surface area contributed by atoms with Gasteiger partial charge in [0.15, 0.2) is 0 Å². The van der Waals surface area contributed by atoms with Gasteiger partial charge in [0, 0.05) is 18.8 Å². The Kier molecular flexibility index (Phi) is 6.88. The lowest BCUT2D eigenvalue weighted by Crippen LogP contribution is -2.45. The summed E-state index contributed by atoms with van der Waals surface area (Å²) in [6.45, 7) is 8.78. The number of hydrogen-bond donors (Lipinski definition) is 2. The van der Waals surface area contributed by atoms with Crippen LogP contribution >= 0.6 is 0 Å². The molecule has 1 fully saturated rings. The molecule has 0 saturated carbocycles. The smallest absolute Gasteiger partial charge is 0.246 e. The molecule has 152 valence electrons. The molecule has 3 N–H and O–H groups in total. The first-order valence-electron chi connectivity index (χ1n) is 9.41. The van der Waals surface area contributed by atoms with Crippen LogP contribution in [0.15, 0.2) is 23.1 Å². The van der Waals surface area contributed by atoms with Crippen LogP contribution in [0.25, 0.3) is 0 Å². The highest BCUT2D eigenvalue weighted by Crippen LogP contribution is 2.31. The highest BCUT2D eigenvalue weighted by Gasteiger charge is 2.31. The van der Waals surface area contributed by atoms with Gasteiger partial charge in [-0.3, -0.25) is 4.79 Å². The van der Waals surface area contributed by atoms with Gasteiger partial charge in [-0.2, -0.15) is 4.31 Å². The Labute approximate surface area is 162 Å². The van der Waals surface area contributed by atoms with Gasteiger partial charge in [-0.05, 0) is 43.4 Å². The van der Waals surface area contributed by atoms with Gasteiger partial charge in [-0.15, -0.1) is 0 Å². The minimum absolute atomic E-state index is 0.0772. The van der Waals surface area contributed by atoms with Crippen molar-refractivity contribution in [1.29, 1.82) is 0 Å². The van der Waals surface area contributed by atoms with E-state index >= 15 is 0 Å². The van der Waals surface area contributed by atoms with Gasteiger partial charge in [0.1, 0.15) is 10.6 Å². The van der Waals surface area contributed by atoms with E-state index in [0.29, 0.717) is 31.1 Å². The van der Waals surface area contributed by atoms with Gasteiger partial charge < -0.3 is 15.8 Å². The van der Waals surface area contributed by atoms with Gasteiger partial charge in [0.2, 0.25) is 15.9 Å². The number of sulfonamides is 1. The predicted molar refractivity (Wildman–Crippen MR) is 106 cm³/mol. The molecule has 1 heterocycles. The summed E-state index contributed by atoms with van der Waals surface area (Å²) in [6.07, 6.45) is 2.73. The van der Waals surface area contributed by atoms with E-state index in [1.165, 1.54) is 10.4 Å². The summed E-state index contributed by atoms with van der Waals surface area (Å²) >= 11 is 0. The summed E-state index contributed by atoms with van der Waals surface area (Å²) in [7, 11) is -3.70. The Hall–Kier alpha value is -1.64. The number of carbonyl (C=O) groups excluding carboxylic acids is 1. The highest BCUT2D eigenvalue weighted by molar-refractivity contribution is 7.89. The Morgan fingerprint density at radius 1 is 1.26 bits per heavy atom. The van der Waals surface area contributed by atoms with Crippen molar-refractivity contribution < 1.29 is 17.9 Å². The fourth-order valence-electron chi connectivity index (χ4n) is 2.92. The third-order valence-corrected chi connectivity index (χ3v) is 6.58. The molecular weight excluding hydrogens is 366 g/mol. The summed E-state index contributed by atoms with van der Waals surface area (Å²) in [4.78, 5) is 12.5. The van der Waals surface area contributed by atoms with Crippen molar-refractivity contribution in [3.05, 3.63) is 18.2 Å². The number of benzene rings is 1. The minimum atomic E-state index is -3.70. The topological polar surface area (TPSA) is 102 Å². The van der Waals surface area contributed by atoms with Crippen LogP contribution < -0.4 is 15.8 Å². The summed E-state index contributed by atoms with van der Waals surface area (Å²) < 4.78 is 33.3. The van der Waals surface area contributed by atoms with E-state index in [4.69, 9.17) is 10.5 Å². The van der Waals surface area contributed by atoms with Gasteiger partial charge in [-0.25, -0.2) is 8.42 Å². The zero-order valence-electron chi connectivity index (χ0n) is 16.6. The Bertz CT molecular complexity index is 766. The molecule has 1 aliphatic rings. The number of anilines is 1. The second-order valence-corrected chi connectivity index (χ2v) is 9.80. The van der Waals surface area contributed by atoms with Crippen LogP contribution in [-0.2, 0) is 14.8 Å². The molecule has 27 heavy (non-hydrogen) atoms. The number of piperidine rings is 1. The molecule has 1 aromatic carbocycles. The Morgan fingerprint density at radius 2 is 1.89 bits per heavy atom. The molecule has 1 atom stereocenters. The second-order valence-electron chi connectivity index (χ2n) is 7.89. The van der Waals surface area contributed by atoms with E-state index in [-0.39, 0.29) is 10.8 Å². The fourth-order valence-corrected chi connectivity index (χ4v) is 4.59. The number of nitrogens with zero attached hydrogens (tertiary/aromatic N) is 1. The number of rotatable bonds is 6. The van der Waals surface area contributed by atoms with Crippen molar-refractivity contribution in [2.75, 3.05) is 25.0 Å². The van der Waals surface area contributed by atoms with Crippen LogP contribution in [0.4, 0.5) is 5.69 Å². The molecule has 2 rings (SSSR count). The van der Waals surface area contributed by atoms with Crippen LogP contribution in [-0.4, -0.2) is 44.4 Å². The standard InChI is InChI=1S/C19H31N3O4S/c1-5-26-15-10-9-14(21-18(23)17(20)19(2,3)4)13-16(15)27(24,25)22-11-7-6-8-12-22/h9-10,13,17H,5-8,11-12,20H2,1-4H3,(H,21,23)/t17-/m1/s1. The van der Waals surface area contributed by atoms with E-state index in [9.17, 15) is 13.2 Å². The van der Waals surface area contributed by atoms with E-state index in [2.05, 4.69) is 5.32 Å². The maximum Gasteiger partial charge on any atom is 0.246 e. The average molecular weight is 398 g/mol. The van der Waals surface area contributed by atoms with Crippen molar-refractivity contribution in [2.24, 2.45) is 11.1 Å². The number of ether oxygens (including phenoxy) is 1. The van der Waals surface area contributed by atoms with Crippen LogP contribution in [0.1, 0.15) is 47.0 Å². The fraction of sp³-hybridized carbons (Fsp3) is 0.632. The molecule has 7 nitrogen and oxygen atoms in total. The molecule has 0 bridgehead atoms. The van der Waals surface area contributed by atoms with Gasteiger partial charge >= 0.3 is 0 Å². The maximum atomic E-state index is 13.1. The molecule has 0 aromatic heterocycles. The van der Waals surface area contributed by atoms with Crippen molar-refractivity contribution in [3.8, 4) is 5.75 Å². The highest BCUT2D eigenvalue weighted by atomic mass is 32.2. The molecule has 1 saturated heterocycles. The number of nitrogens with two attached hydrogens (primary N) is 1. The number of amides is 1. The van der Waals surface area contributed by atoms with E-state index < -0.39 is 21.5 Å². The van der Waals surface area contributed by atoms with Crippen LogP contribution in [0.3, 0.4) is 0 Å². The first kappa shape index (κ1) is 21.7. The molecule has 1 aliphatic heterocycles. The van der Waals surface area contributed by atoms with Crippen molar-refractivity contribution in [3.63, 3.8) is 0 Å². The average Bonchev–Trinajstić information content (AvgIpc) is 2.62. The van der Waals surface area contributed by atoms with E-state index in [0.717, 1.165) is 19.3 Å².